The van der Waals surface area contributed by atoms with E-state index in [1.54, 1.807) is 25.4 Å². The van der Waals surface area contributed by atoms with Gasteiger partial charge in [-0.3, -0.25) is 9.78 Å². The number of methoxy groups -OCH3 is 1. The molecule has 1 rings (SSSR count). The minimum absolute atomic E-state index is 0.0213. The van der Waals surface area contributed by atoms with E-state index in [1.165, 1.54) is 0 Å². The van der Waals surface area contributed by atoms with Crippen molar-refractivity contribution in [3.8, 4) is 0 Å². The van der Waals surface area contributed by atoms with Gasteiger partial charge in [0.25, 0.3) is 5.91 Å². The van der Waals surface area contributed by atoms with Gasteiger partial charge in [-0.25, -0.2) is 0 Å². The first-order valence-corrected chi connectivity index (χ1v) is 5.12. The van der Waals surface area contributed by atoms with Gasteiger partial charge in [0.15, 0.2) is 0 Å². The molecule has 5 nitrogen and oxygen atoms in total. The van der Waals surface area contributed by atoms with Crippen LogP contribution in [0.15, 0.2) is 18.3 Å². The highest BCUT2D eigenvalue weighted by atomic mass is 16.5. The van der Waals surface area contributed by atoms with Gasteiger partial charge in [0.2, 0.25) is 0 Å². The van der Waals surface area contributed by atoms with Gasteiger partial charge in [0.1, 0.15) is 0 Å². The Morgan fingerprint density at radius 2 is 2.44 bits per heavy atom. The summed E-state index contributed by atoms with van der Waals surface area (Å²) >= 11 is 0. The van der Waals surface area contributed by atoms with Crippen molar-refractivity contribution in [3.63, 3.8) is 0 Å². The van der Waals surface area contributed by atoms with Crippen molar-refractivity contribution in [1.29, 1.82) is 0 Å². The third kappa shape index (κ3) is 3.60. The van der Waals surface area contributed by atoms with Crippen molar-refractivity contribution in [1.82, 2.24) is 10.3 Å². The lowest BCUT2D eigenvalue weighted by Gasteiger charge is -2.12. The SMILES string of the molecule is COCC(C)NC(=O)c1ccnc(CN)c1. The Hall–Kier alpha value is -1.46. The third-order valence-electron chi connectivity index (χ3n) is 2.08. The fourth-order valence-corrected chi connectivity index (χ4v) is 1.33. The second-order valence-corrected chi connectivity index (χ2v) is 3.57. The van der Waals surface area contributed by atoms with Crippen LogP contribution in [0.25, 0.3) is 0 Å². The van der Waals surface area contributed by atoms with Crippen LogP contribution in [0.5, 0.6) is 0 Å². The van der Waals surface area contributed by atoms with Crippen LogP contribution in [0.3, 0.4) is 0 Å². The molecule has 16 heavy (non-hydrogen) atoms. The summed E-state index contributed by atoms with van der Waals surface area (Å²) in [6.07, 6.45) is 1.58. The van der Waals surface area contributed by atoms with Crippen LogP contribution < -0.4 is 11.1 Å². The molecule has 0 radical (unpaired) electrons. The first-order valence-electron chi connectivity index (χ1n) is 5.12. The first-order chi connectivity index (χ1) is 7.67. The number of nitrogens with one attached hydrogen (secondary N) is 1. The second kappa shape index (κ2) is 6.19. The van der Waals surface area contributed by atoms with E-state index < -0.39 is 0 Å². The highest BCUT2D eigenvalue weighted by Crippen LogP contribution is 2.01. The predicted octanol–water partition coefficient (Wildman–Crippen LogP) is 0.305. The van der Waals surface area contributed by atoms with E-state index >= 15 is 0 Å². The van der Waals surface area contributed by atoms with Gasteiger partial charge in [0.05, 0.1) is 12.3 Å². The van der Waals surface area contributed by atoms with Crippen LogP contribution >= 0.6 is 0 Å². The van der Waals surface area contributed by atoms with Crippen LogP contribution in [0.4, 0.5) is 0 Å². The number of hydrogen-bond donors (Lipinski definition) is 2. The van der Waals surface area contributed by atoms with Crippen LogP contribution in [0, 0.1) is 0 Å². The van der Waals surface area contributed by atoms with Crippen LogP contribution in [-0.4, -0.2) is 30.6 Å². The summed E-state index contributed by atoms with van der Waals surface area (Å²) in [5, 5.41) is 2.82. The molecular formula is C11H17N3O2. The minimum atomic E-state index is -0.137. The summed E-state index contributed by atoms with van der Waals surface area (Å²) in [6.45, 7) is 2.70. The first kappa shape index (κ1) is 12.6. The molecule has 0 aromatic carbocycles. The average Bonchev–Trinajstić information content (AvgIpc) is 2.29. The smallest absolute Gasteiger partial charge is 0.251 e. The van der Waals surface area contributed by atoms with Gasteiger partial charge in [-0.1, -0.05) is 0 Å². The molecule has 0 saturated carbocycles. The molecule has 1 aromatic heterocycles. The van der Waals surface area contributed by atoms with E-state index in [4.69, 9.17) is 10.5 Å². The molecule has 0 aliphatic carbocycles. The lowest BCUT2D eigenvalue weighted by atomic mass is 10.2. The molecule has 1 amide bonds. The fourth-order valence-electron chi connectivity index (χ4n) is 1.33. The van der Waals surface area contributed by atoms with Gasteiger partial charge in [-0.05, 0) is 19.1 Å². The number of nitrogens with zero attached hydrogens (tertiary/aromatic N) is 1. The maximum absolute atomic E-state index is 11.8. The van der Waals surface area contributed by atoms with Gasteiger partial charge in [0, 0.05) is 31.5 Å². The maximum atomic E-state index is 11.8. The van der Waals surface area contributed by atoms with Crippen LogP contribution in [0.2, 0.25) is 0 Å². The Bertz CT molecular complexity index is 355. The highest BCUT2D eigenvalue weighted by Gasteiger charge is 2.09. The maximum Gasteiger partial charge on any atom is 0.251 e. The average molecular weight is 223 g/mol. The molecule has 3 N–H and O–H groups in total. The van der Waals surface area contributed by atoms with Crippen molar-refractivity contribution in [2.45, 2.75) is 19.5 Å². The third-order valence-corrected chi connectivity index (χ3v) is 2.08. The topological polar surface area (TPSA) is 77.2 Å². The number of amides is 1. The quantitative estimate of drug-likeness (QED) is 0.753. The Labute approximate surface area is 95.0 Å². The van der Waals surface area contributed by atoms with E-state index in [2.05, 4.69) is 10.3 Å². The molecule has 0 aliphatic heterocycles. The Balaban J connectivity index is 2.65. The normalized spacial score (nSPS) is 12.2. The van der Waals surface area contributed by atoms with E-state index in [0.717, 1.165) is 0 Å². The summed E-state index contributed by atoms with van der Waals surface area (Å²) in [7, 11) is 1.60. The number of nitrogens with two attached hydrogens (primary N) is 1. The Kier molecular flexibility index (Phi) is 4.88. The van der Waals surface area contributed by atoms with Crippen LogP contribution in [0.1, 0.15) is 23.0 Å². The number of ether oxygens (including phenoxy) is 1. The van der Waals surface area contributed by atoms with Crippen molar-refractivity contribution < 1.29 is 9.53 Å². The molecule has 0 aliphatic rings. The number of carbonyl (C=O) groups is 1. The van der Waals surface area contributed by atoms with E-state index in [0.29, 0.717) is 24.4 Å². The fraction of sp³-hybridized carbons (Fsp3) is 0.455. The molecule has 0 saturated heterocycles. The molecule has 0 fully saturated rings. The van der Waals surface area contributed by atoms with E-state index in [9.17, 15) is 4.79 Å². The van der Waals surface area contributed by atoms with Gasteiger partial charge in [-0.2, -0.15) is 0 Å². The van der Waals surface area contributed by atoms with Gasteiger partial charge in [-0.15, -0.1) is 0 Å². The Morgan fingerprint density at radius 1 is 1.69 bits per heavy atom. The van der Waals surface area contributed by atoms with Crippen LogP contribution in [-0.2, 0) is 11.3 Å². The molecule has 1 unspecified atom stereocenters. The largest absolute Gasteiger partial charge is 0.383 e. The summed E-state index contributed by atoms with van der Waals surface area (Å²) in [5.41, 5.74) is 6.72. The number of carbonyl (C=O) groups excluding carboxylic acids is 1. The summed E-state index contributed by atoms with van der Waals surface area (Å²) in [4.78, 5) is 15.8. The number of aromatic nitrogens is 1. The summed E-state index contributed by atoms with van der Waals surface area (Å²) in [5.74, 6) is -0.137. The predicted molar refractivity (Wildman–Crippen MR) is 60.9 cm³/mol. The van der Waals surface area contributed by atoms with Crippen molar-refractivity contribution in [2.75, 3.05) is 13.7 Å². The second-order valence-electron chi connectivity index (χ2n) is 3.57. The highest BCUT2D eigenvalue weighted by molar-refractivity contribution is 5.94. The van der Waals surface area contributed by atoms with Crippen molar-refractivity contribution in [2.24, 2.45) is 5.73 Å². The summed E-state index contributed by atoms with van der Waals surface area (Å²) < 4.78 is 4.94. The molecular weight excluding hydrogens is 206 g/mol. The number of hydrogen-bond acceptors (Lipinski definition) is 4. The zero-order valence-corrected chi connectivity index (χ0v) is 9.56. The number of rotatable bonds is 5. The van der Waals surface area contributed by atoms with E-state index in [-0.39, 0.29) is 11.9 Å². The minimum Gasteiger partial charge on any atom is -0.383 e. The lowest BCUT2D eigenvalue weighted by molar-refractivity contribution is 0.0905. The monoisotopic (exact) mass is 223 g/mol. The van der Waals surface area contributed by atoms with Crippen molar-refractivity contribution >= 4 is 5.91 Å². The van der Waals surface area contributed by atoms with E-state index in [1.807, 2.05) is 6.92 Å². The Morgan fingerprint density at radius 3 is 3.06 bits per heavy atom. The lowest BCUT2D eigenvalue weighted by Crippen LogP contribution is -2.35. The standard InChI is InChI=1S/C11H17N3O2/c1-8(7-16-2)14-11(15)9-3-4-13-10(5-9)6-12/h3-5,8H,6-7,12H2,1-2H3,(H,14,15). The van der Waals surface area contributed by atoms with Gasteiger partial charge >= 0.3 is 0 Å². The van der Waals surface area contributed by atoms with Crippen molar-refractivity contribution in [3.05, 3.63) is 29.6 Å². The summed E-state index contributed by atoms with van der Waals surface area (Å²) in [6, 6.07) is 3.33. The molecule has 88 valence electrons. The molecule has 1 atom stereocenters. The zero-order chi connectivity index (χ0) is 12.0. The molecule has 0 spiro atoms. The molecule has 5 heteroatoms. The molecule has 0 bridgehead atoms. The molecule has 1 heterocycles. The van der Waals surface area contributed by atoms with Gasteiger partial charge < -0.3 is 15.8 Å². The number of pyridine rings is 1. The molecule has 1 aromatic rings. The zero-order valence-electron chi connectivity index (χ0n) is 9.56.